The van der Waals surface area contributed by atoms with Crippen LogP contribution in [0.4, 0.5) is 0 Å². The van der Waals surface area contributed by atoms with Crippen LogP contribution in [0.1, 0.15) is 16.6 Å². The Bertz CT molecular complexity index is 727. The molecule has 5 nitrogen and oxygen atoms in total. The summed E-state index contributed by atoms with van der Waals surface area (Å²) in [5.74, 6) is -0.103. The summed E-state index contributed by atoms with van der Waals surface area (Å²) >= 11 is 1.16. The molecule has 2 aromatic heterocycles. The lowest BCUT2D eigenvalue weighted by molar-refractivity contribution is 0.0702. The molecule has 0 saturated carbocycles. The number of hydrogen-bond acceptors (Lipinski definition) is 4. The van der Waals surface area contributed by atoms with Crippen LogP contribution in [0.5, 0.6) is 5.75 Å². The number of fused-ring (bicyclic) bond motifs is 1. The number of aromatic nitrogens is 2. The zero-order chi connectivity index (χ0) is 14.1. The third kappa shape index (κ3) is 2.25. The maximum Gasteiger partial charge on any atom is 0.347 e. The number of imidazole rings is 1. The first kappa shape index (κ1) is 12.7. The predicted molar refractivity (Wildman–Crippen MR) is 76.6 cm³/mol. The maximum absolute atomic E-state index is 10.9. The van der Waals surface area contributed by atoms with E-state index in [0.717, 1.165) is 28.3 Å². The highest BCUT2D eigenvalue weighted by atomic mass is 32.1. The molecule has 0 fully saturated rings. The van der Waals surface area contributed by atoms with E-state index in [2.05, 4.69) is 4.98 Å². The lowest BCUT2D eigenvalue weighted by atomic mass is 10.2. The van der Waals surface area contributed by atoms with Crippen LogP contribution in [0.3, 0.4) is 0 Å². The number of nitrogens with zero attached hydrogens (tertiary/aromatic N) is 2. The second-order valence-corrected chi connectivity index (χ2v) is 5.18. The second kappa shape index (κ2) is 4.97. The van der Waals surface area contributed by atoms with Crippen molar-refractivity contribution in [3.8, 4) is 17.0 Å². The Balaban J connectivity index is 1.93. The van der Waals surface area contributed by atoms with Gasteiger partial charge in [0.05, 0.1) is 12.3 Å². The Kier molecular flexibility index (Phi) is 3.15. The van der Waals surface area contributed by atoms with Gasteiger partial charge in [-0.2, -0.15) is 0 Å². The summed E-state index contributed by atoms with van der Waals surface area (Å²) in [4.78, 5) is 16.3. The number of rotatable bonds is 4. The van der Waals surface area contributed by atoms with E-state index in [1.165, 1.54) is 0 Å². The minimum absolute atomic E-state index is 0.283. The Labute approximate surface area is 119 Å². The molecule has 3 aromatic rings. The molecule has 2 heterocycles. The minimum atomic E-state index is -0.928. The number of hydrogen-bond donors (Lipinski definition) is 1. The lowest BCUT2D eigenvalue weighted by Crippen LogP contribution is -1.91. The van der Waals surface area contributed by atoms with Gasteiger partial charge in [0.25, 0.3) is 0 Å². The van der Waals surface area contributed by atoms with Crippen LogP contribution in [-0.2, 0) is 0 Å². The van der Waals surface area contributed by atoms with E-state index in [1.807, 2.05) is 37.4 Å². The molecular formula is C14H12N2O3S. The fourth-order valence-electron chi connectivity index (χ4n) is 1.92. The Morgan fingerprint density at radius 2 is 2.10 bits per heavy atom. The number of ether oxygens (including phenoxy) is 1. The van der Waals surface area contributed by atoms with Crippen molar-refractivity contribution in [1.82, 2.24) is 9.38 Å². The molecule has 3 rings (SSSR count). The SMILES string of the molecule is CCOc1ccc(-c2cn3cc(C(=O)O)sc3n2)cc1. The number of benzene rings is 1. The first-order valence-corrected chi connectivity index (χ1v) is 6.94. The molecule has 0 saturated heterocycles. The van der Waals surface area contributed by atoms with Gasteiger partial charge in [-0.25, -0.2) is 9.78 Å². The highest BCUT2D eigenvalue weighted by Crippen LogP contribution is 2.25. The number of aromatic carboxylic acids is 1. The molecule has 0 aliphatic carbocycles. The fourth-order valence-corrected chi connectivity index (χ4v) is 2.73. The van der Waals surface area contributed by atoms with E-state index >= 15 is 0 Å². The largest absolute Gasteiger partial charge is 0.494 e. The Morgan fingerprint density at radius 1 is 1.35 bits per heavy atom. The average Bonchev–Trinajstić information content (AvgIpc) is 2.98. The molecule has 1 N–H and O–H groups in total. The molecule has 0 radical (unpaired) electrons. The topological polar surface area (TPSA) is 63.8 Å². The van der Waals surface area contributed by atoms with Crippen LogP contribution in [0.2, 0.25) is 0 Å². The van der Waals surface area contributed by atoms with Crippen LogP contribution in [0.25, 0.3) is 16.2 Å². The quantitative estimate of drug-likeness (QED) is 0.801. The molecule has 6 heteroatoms. The third-order valence-electron chi connectivity index (χ3n) is 2.83. The van der Waals surface area contributed by atoms with E-state index in [1.54, 1.807) is 10.6 Å². The zero-order valence-electron chi connectivity index (χ0n) is 10.7. The zero-order valence-corrected chi connectivity index (χ0v) is 11.6. The van der Waals surface area contributed by atoms with Crippen molar-refractivity contribution < 1.29 is 14.6 Å². The van der Waals surface area contributed by atoms with Crippen molar-refractivity contribution in [2.45, 2.75) is 6.92 Å². The first-order chi connectivity index (χ1) is 9.67. The van der Waals surface area contributed by atoms with Gasteiger partial charge in [0, 0.05) is 18.0 Å². The van der Waals surface area contributed by atoms with Crippen LogP contribution < -0.4 is 4.74 Å². The van der Waals surface area contributed by atoms with Gasteiger partial charge in [-0.1, -0.05) is 11.3 Å². The minimum Gasteiger partial charge on any atom is -0.494 e. The molecule has 0 aliphatic heterocycles. The number of carboxylic acid groups (broad SMARTS) is 1. The smallest absolute Gasteiger partial charge is 0.347 e. The van der Waals surface area contributed by atoms with Gasteiger partial charge in [0.2, 0.25) is 0 Å². The van der Waals surface area contributed by atoms with Crippen LogP contribution >= 0.6 is 11.3 Å². The molecule has 0 aliphatic rings. The van der Waals surface area contributed by atoms with Crippen molar-refractivity contribution in [2.75, 3.05) is 6.61 Å². The van der Waals surface area contributed by atoms with Crippen molar-refractivity contribution in [3.63, 3.8) is 0 Å². The van der Waals surface area contributed by atoms with Gasteiger partial charge in [0.1, 0.15) is 10.6 Å². The van der Waals surface area contributed by atoms with Crippen molar-refractivity contribution in [2.24, 2.45) is 0 Å². The summed E-state index contributed by atoms with van der Waals surface area (Å²) < 4.78 is 7.13. The van der Waals surface area contributed by atoms with Crippen molar-refractivity contribution in [3.05, 3.63) is 41.5 Å². The van der Waals surface area contributed by atoms with Crippen LogP contribution in [-0.4, -0.2) is 27.1 Å². The number of carbonyl (C=O) groups is 1. The molecule has 102 valence electrons. The van der Waals surface area contributed by atoms with Gasteiger partial charge in [-0.15, -0.1) is 0 Å². The van der Waals surface area contributed by atoms with E-state index in [0.29, 0.717) is 11.6 Å². The lowest BCUT2D eigenvalue weighted by Gasteiger charge is -2.02. The molecular weight excluding hydrogens is 276 g/mol. The monoisotopic (exact) mass is 288 g/mol. The number of thiazole rings is 1. The van der Waals surface area contributed by atoms with Crippen LogP contribution in [0.15, 0.2) is 36.7 Å². The van der Waals surface area contributed by atoms with E-state index in [9.17, 15) is 4.79 Å². The molecule has 0 amide bonds. The van der Waals surface area contributed by atoms with Gasteiger partial charge >= 0.3 is 5.97 Å². The standard InChI is InChI=1S/C14H12N2O3S/c1-2-19-10-5-3-9(4-6-10)11-7-16-8-12(13(17)18)20-14(16)15-11/h3-8H,2H2,1H3,(H,17,18). The van der Waals surface area contributed by atoms with Gasteiger partial charge in [-0.05, 0) is 31.2 Å². The summed E-state index contributed by atoms with van der Waals surface area (Å²) in [6, 6.07) is 7.68. The summed E-state index contributed by atoms with van der Waals surface area (Å²) in [6.07, 6.45) is 3.40. The summed E-state index contributed by atoms with van der Waals surface area (Å²) in [5.41, 5.74) is 1.79. The Hall–Kier alpha value is -2.34. The highest BCUT2D eigenvalue weighted by Gasteiger charge is 2.12. The second-order valence-electron chi connectivity index (χ2n) is 4.17. The normalized spacial score (nSPS) is 10.8. The molecule has 0 bridgehead atoms. The van der Waals surface area contributed by atoms with Gasteiger partial charge in [0.15, 0.2) is 4.96 Å². The van der Waals surface area contributed by atoms with Gasteiger partial charge in [-0.3, -0.25) is 4.40 Å². The summed E-state index contributed by atoms with van der Waals surface area (Å²) in [7, 11) is 0. The van der Waals surface area contributed by atoms with Gasteiger partial charge < -0.3 is 9.84 Å². The van der Waals surface area contributed by atoms with E-state index < -0.39 is 5.97 Å². The fraction of sp³-hybridized carbons (Fsp3) is 0.143. The first-order valence-electron chi connectivity index (χ1n) is 6.12. The van der Waals surface area contributed by atoms with E-state index in [-0.39, 0.29) is 4.88 Å². The number of carboxylic acids is 1. The molecule has 1 aromatic carbocycles. The Morgan fingerprint density at radius 3 is 2.70 bits per heavy atom. The molecule has 20 heavy (non-hydrogen) atoms. The molecule has 0 unspecified atom stereocenters. The molecule has 0 spiro atoms. The van der Waals surface area contributed by atoms with E-state index in [4.69, 9.17) is 9.84 Å². The predicted octanol–water partition coefficient (Wildman–Crippen LogP) is 3.16. The summed E-state index contributed by atoms with van der Waals surface area (Å²) in [6.45, 7) is 2.58. The van der Waals surface area contributed by atoms with Crippen LogP contribution in [0, 0.1) is 0 Å². The van der Waals surface area contributed by atoms with Crippen molar-refractivity contribution in [1.29, 1.82) is 0 Å². The third-order valence-corrected chi connectivity index (χ3v) is 3.81. The highest BCUT2D eigenvalue weighted by molar-refractivity contribution is 7.18. The maximum atomic E-state index is 10.9. The van der Waals surface area contributed by atoms with Crippen molar-refractivity contribution >= 4 is 22.3 Å². The molecule has 0 atom stereocenters. The average molecular weight is 288 g/mol. The summed E-state index contributed by atoms with van der Waals surface area (Å²) in [5, 5.41) is 8.93.